The molecule has 0 saturated heterocycles. The van der Waals surface area contributed by atoms with Crippen molar-refractivity contribution in [3.63, 3.8) is 0 Å². The largest absolute Gasteiger partial charge is 0.401 e. The van der Waals surface area contributed by atoms with Crippen LogP contribution in [0.3, 0.4) is 0 Å². The molecule has 3 rings (SSSR count). The van der Waals surface area contributed by atoms with Gasteiger partial charge in [0.05, 0.1) is 12.1 Å². The Bertz CT molecular complexity index is 1040. The summed E-state index contributed by atoms with van der Waals surface area (Å²) in [6.45, 7) is 0.0638. The minimum absolute atomic E-state index is 0.00483. The number of hydrogen-bond donors (Lipinski definition) is 3. The first kappa shape index (κ1) is 16.0. The smallest absolute Gasteiger partial charge is 0.199 e. The Morgan fingerprint density at radius 2 is 2.12 bits per heavy atom. The minimum Gasteiger partial charge on any atom is -0.401 e. The van der Waals surface area contributed by atoms with Gasteiger partial charge in [0.25, 0.3) is 0 Å². The predicted octanol–water partition coefficient (Wildman–Crippen LogP) is 1.02. The predicted molar refractivity (Wildman–Crippen MR) is 87.5 cm³/mol. The number of para-hydroxylation sites is 1. The van der Waals surface area contributed by atoms with Gasteiger partial charge in [-0.3, -0.25) is 0 Å². The lowest BCUT2D eigenvalue weighted by atomic mass is 10.3. The molecule has 0 aliphatic heterocycles. The van der Waals surface area contributed by atoms with Crippen molar-refractivity contribution in [3.05, 3.63) is 47.6 Å². The average molecular weight is 340 g/mol. The number of benzene rings is 1. The van der Waals surface area contributed by atoms with E-state index in [4.69, 9.17) is 22.5 Å². The van der Waals surface area contributed by atoms with E-state index in [1.54, 1.807) is 18.2 Å². The van der Waals surface area contributed by atoms with Crippen LogP contribution in [-0.2, 0) is 6.54 Å². The monoisotopic (exact) mass is 340 g/mol. The molecule has 0 bridgehead atoms. The van der Waals surface area contributed by atoms with Crippen molar-refractivity contribution in [2.75, 3.05) is 5.73 Å². The van der Waals surface area contributed by atoms with Crippen molar-refractivity contribution in [1.82, 2.24) is 19.9 Å². The molecule has 1 aromatic carbocycles. The SMILES string of the molecule is N#C/C(N)=C/C=C(\N)Cn1c(-c2nonc2N)nc2cccc(F)c21. The van der Waals surface area contributed by atoms with Crippen molar-refractivity contribution in [2.24, 2.45) is 11.5 Å². The molecule has 126 valence electrons. The van der Waals surface area contributed by atoms with Crippen LogP contribution in [0.25, 0.3) is 22.6 Å². The average Bonchev–Trinajstić information content (AvgIpc) is 3.17. The van der Waals surface area contributed by atoms with Crippen molar-refractivity contribution >= 4 is 16.9 Å². The number of aromatic nitrogens is 4. The second-order valence-electron chi connectivity index (χ2n) is 5.10. The lowest BCUT2D eigenvalue weighted by Crippen LogP contribution is -2.11. The van der Waals surface area contributed by atoms with Crippen molar-refractivity contribution in [2.45, 2.75) is 6.54 Å². The molecule has 0 unspecified atom stereocenters. The van der Waals surface area contributed by atoms with Gasteiger partial charge < -0.3 is 21.8 Å². The lowest BCUT2D eigenvalue weighted by Gasteiger charge is -2.08. The van der Waals surface area contributed by atoms with Crippen LogP contribution in [0, 0.1) is 17.1 Å². The Morgan fingerprint density at radius 3 is 2.80 bits per heavy atom. The van der Waals surface area contributed by atoms with Crippen molar-refractivity contribution in [1.29, 1.82) is 5.26 Å². The number of nitrogens with two attached hydrogens (primary N) is 3. The maximum absolute atomic E-state index is 14.3. The molecular formula is C15H13FN8O. The highest BCUT2D eigenvalue weighted by Crippen LogP contribution is 2.28. The minimum atomic E-state index is -0.480. The number of imidazole rings is 1. The van der Waals surface area contributed by atoms with E-state index < -0.39 is 5.82 Å². The molecule has 2 aromatic heterocycles. The number of rotatable bonds is 4. The van der Waals surface area contributed by atoms with Gasteiger partial charge in [-0.1, -0.05) is 6.07 Å². The van der Waals surface area contributed by atoms with Gasteiger partial charge in [0.2, 0.25) is 0 Å². The third-order valence-corrected chi connectivity index (χ3v) is 3.39. The summed E-state index contributed by atoms with van der Waals surface area (Å²) in [5.41, 5.74) is 18.2. The first-order valence-electron chi connectivity index (χ1n) is 7.06. The van der Waals surface area contributed by atoms with Gasteiger partial charge in [-0.25, -0.2) is 14.0 Å². The molecule has 0 fully saturated rings. The zero-order valence-corrected chi connectivity index (χ0v) is 12.8. The third kappa shape index (κ3) is 2.98. The van der Waals surface area contributed by atoms with E-state index >= 15 is 0 Å². The van der Waals surface area contributed by atoms with Crippen LogP contribution >= 0.6 is 0 Å². The standard InChI is InChI=1S/C15H13FN8O/c16-10-2-1-3-11-13(10)24(7-9(19)5-4-8(18)6-17)15(21-11)12-14(20)23-25-22-12/h1-5H,7,18-19H2,(H2,20,23)/b8-4-,9-5-. The fourth-order valence-corrected chi connectivity index (χ4v) is 2.30. The number of fused-ring (bicyclic) bond motifs is 1. The van der Waals surface area contributed by atoms with Crippen LogP contribution in [0.2, 0.25) is 0 Å². The fraction of sp³-hybridized carbons (Fsp3) is 0.0667. The number of nitriles is 1. The number of hydrogen-bond acceptors (Lipinski definition) is 8. The second-order valence-corrected chi connectivity index (χ2v) is 5.10. The van der Waals surface area contributed by atoms with Crippen LogP contribution < -0.4 is 17.2 Å². The maximum atomic E-state index is 14.3. The highest BCUT2D eigenvalue weighted by Gasteiger charge is 2.21. The van der Waals surface area contributed by atoms with E-state index in [-0.39, 0.29) is 35.1 Å². The Morgan fingerprint density at radius 1 is 1.32 bits per heavy atom. The van der Waals surface area contributed by atoms with Crippen LogP contribution in [0.5, 0.6) is 0 Å². The third-order valence-electron chi connectivity index (χ3n) is 3.39. The zero-order chi connectivity index (χ0) is 18.0. The summed E-state index contributed by atoms with van der Waals surface area (Å²) in [6.07, 6.45) is 2.82. The zero-order valence-electron chi connectivity index (χ0n) is 12.8. The topological polar surface area (TPSA) is 159 Å². The Kier molecular flexibility index (Phi) is 4.05. The van der Waals surface area contributed by atoms with Gasteiger partial charge in [-0.15, -0.1) is 0 Å². The first-order valence-corrected chi connectivity index (χ1v) is 7.06. The van der Waals surface area contributed by atoms with Gasteiger partial charge in [0, 0.05) is 5.70 Å². The molecule has 0 amide bonds. The van der Waals surface area contributed by atoms with Crippen molar-refractivity contribution in [3.8, 4) is 17.6 Å². The van der Waals surface area contributed by atoms with Crippen molar-refractivity contribution < 1.29 is 9.02 Å². The van der Waals surface area contributed by atoms with Crippen LogP contribution in [0.1, 0.15) is 0 Å². The Balaban J connectivity index is 2.15. The molecule has 0 radical (unpaired) electrons. The number of nitrogens with zero attached hydrogens (tertiary/aromatic N) is 5. The summed E-state index contributed by atoms with van der Waals surface area (Å²) in [6, 6.07) is 6.27. The molecule has 3 aromatic rings. The van der Waals surface area contributed by atoms with E-state index in [2.05, 4.69) is 19.9 Å². The number of nitrogen functional groups attached to an aromatic ring is 1. The molecule has 0 aliphatic rings. The molecule has 2 heterocycles. The highest BCUT2D eigenvalue weighted by molar-refractivity contribution is 5.82. The van der Waals surface area contributed by atoms with E-state index in [9.17, 15) is 4.39 Å². The molecule has 0 atom stereocenters. The quantitative estimate of drug-likeness (QED) is 0.469. The normalized spacial score (nSPS) is 12.5. The molecule has 10 heteroatoms. The second kappa shape index (κ2) is 6.32. The number of allylic oxidation sites excluding steroid dienone is 4. The van der Waals surface area contributed by atoms with Gasteiger partial charge in [0.1, 0.15) is 23.1 Å². The van der Waals surface area contributed by atoms with Gasteiger partial charge in [-0.2, -0.15) is 5.26 Å². The molecule has 0 aliphatic carbocycles. The highest BCUT2D eigenvalue weighted by atomic mass is 19.1. The van der Waals surface area contributed by atoms with E-state index in [0.717, 1.165) is 0 Å². The Labute approximate surface area is 140 Å². The van der Waals surface area contributed by atoms with E-state index in [1.165, 1.54) is 22.8 Å². The van der Waals surface area contributed by atoms with E-state index in [0.29, 0.717) is 11.2 Å². The molecule has 0 saturated carbocycles. The van der Waals surface area contributed by atoms with E-state index in [1.807, 2.05) is 0 Å². The first-order chi connectivity index (χ1) is 12.0. The Hall–Kier alpha value is -3.87. The summed E-state index contributed by atoms with van der Waals surface area (Å²) in [5.74, 6) is -0.202. The molecule has 9 nitrogen and oxygen atoms in total. The van der Waals surface area contributed by atoms with Crippen LogP contribution in [0.15, 0.2) is 46.4 Å². The summed E-state index contributed by atoms with van der Waals surface area (Å²) in [4.78, 5) is 4.35. The lowest BCUT2D eigenvalue weighted by molar-refractivity contribution is 0.310. The summed E-state index contributed by atoms with van der Waals surface area (Å²) < 4.78 is 20.4. The fourth-order valence-electron chi connectivity index (χ4n) is 2.30. The summed E-state index contributed by atoms with van der Waals surface area (Å²) in [5, 5.41) is 15.9. The molecule has 6 N–H and O–H groups in total. The number of halogens is 1. The van der Waals surface area contributed by atoms with Gasteiger partial charge >= 0.3 is 0 Å². The van der Waals surface area contributed by atoms with Gasteiger partial charge in [0.15, 0.2) is 17.3 Å². The maximum Gasteiger partial charge on any atom is 0.199 e. The van der Waals surface area contributed by atoms with Crippen LogP contribution in [-0.4, -0.2) is 19.9 Å². The number of anilines is 1. The summed E-state index contributed by atoms with van der Waals surface area (Å²) in [7, 11) is 0. The molecule has 0 spiro atoms. The summed E-state index contributed by atoms with van der Waals surface area (Å²) >= 11 is 0. The van der Waals surface area contributed by atoms with Gasteiger partial charge in [-0.05, 0) is 34.6 Å². The molecular weight excluding hydrogens is 327 g/mol. The van der Waals surface area contributed by atoms with Crippen LogP contribution in [0.4, 0.5) is 10.2 Å². The molecule has 25 heavy (non-hydrogen) atoms.